The van der Waals surface area contributed by atoms with Gasteiger partial charge in [0.25, 0.3) is 0 Å². The molecule has 5 heteroatoms. The summed E-state index contributed by atoms with van der Waals surface area (Å²) in [5, 5.41) is 17.4. The summed E-state index contributed by atoms with van der Waals surface area (Å²) in [4.78, 5) is 22.2. The minimum absolute atomic E-state index is 0.0171. The molecule has 0 aromatic rings. The zero-order valence-corrected chi connectivity index (χ0v) is 7.23. The van der Waals surface area contributed by atoms with Crippen LogP contribution in [-0.2, 0) is 9.59 Å². The maximum absolute atomic E-state index is 11.3. The molecule has 14 heavy (non-hydrogen) atoms. The van der Waals surface area contributed by atoms with Gasteiger partial charge in [-0.15, -0.1) is 0 Å². The summed E-state index contributed by atoms with van der Waals surface area (Å²) in [6.07, 6.45) is 1.80. The second-order valence-corrected chi connectivity index (χ2v) is 2.83. The third kappa shape index (κ3) is 1.87. The van der Waals surface area contributed by atoms with Crippen molar-refractivity contribution in [1.29, 1.82) is 5.26 Å². The molecular formula is C9H8N2O3. The number of allylic oxidation sites excluding steroid dienone is 3. The molecule has 1 aliphatic rings. The number of aliphatic hydroxyl groups is 1. The van der Waals surface area contributed by atoms with Crippen molar-refractivity contribution in [2.24, 2.45) is 5.73 Å². The number of ketones is 2. The van der Waals surface area contributed by atoms with Crippen molar-refractivity contribution in [3.63, 3.8) is 0 Å². The standard InChI is InChI=1S/C9H8N2O3/c10-2-1-7(11)6-3-5(12)4-8(13)9(6)14/h3-4,7,13H,1,11H2/t7-/m0/s1. The summed E-state index contributed by atoms with van der Waals surface area (Å²) < 4.78 is 0. The van der Waals surface area contributed by atoms with Gasteiger partial charge in [-0.25, -0.2) is 0 Å². The molecule has 1 aliphatic carbocycles. The van der Waals surface area contributed by atoms with E-state index in [1.54, 1.807) is 6.07 Å². The Morgan fingerprint density at radius 3 is 2.71 bits per heavy atom. The highest BCUT2D eigenvalue weighted by atomic mass is 16.3. The lowest BCUT2D eigenvalue weighted by Gasteiger charge is -2.13. The number of hydrogen-bond donors (Lipinski definition) is 2. The van der Waals surface area contributed by atoms with Gasteiger partial charge in [-0.05, 0) is 6.08 Å². The van der Waals surface area contributed by atoms with Gasteiger partial charge < -0.3 is 10.8 Å². The van der Waals surface area contributed by atoms with E-state index in [4.69, 9.17) is 16.1 Å². The van der Waals surface area contributed by atoms with Crippen LogP contribution in [0.3, 0.4) is 0 Å². The first-order chi connectivity index (χ1) is 6.56. The number of nitriles is 1. The van der Waals surface area contributed by atoms with Crippen LogP contribution in [0.5, 0.6) is 0 Å². The normalized spacial score (nSPS) is 18.3. The zero-order valence-electron chi connectivity index (χ0n) is 7.23. The SMILES string of the molecule is N#CC[C@H](N)C1=CC(=O)C=C(O)C1=O. The fourth-order valence-corrected chi connectivity index (χ4v) is 1.09. The Hall–Kier alpha value is -1.93. The van der Waals surface area contributed by atoms with E-state index in [0.717, 1.165) is 12.2 Å². The van der Waals surface area contributed by atoms with E-state index in [0.29, 0.717) is 0 Å². The molecule has 5 nitrogen and oxygen atoms in total. The van der Waals surface area contributed by atoms with Crippen molar-refractivity contribution >= 4 is 11.6 Å². The molecule has 0 radical (unpaired) electrons. The number of carbonyl (C=O) groups excluding carboxylic acids is 2. The van der Waals surface area contributed by atoms with E-state index in [1.165, 1.54) is 0 Å². The molecule has 1 rings (SSSR count). The predicted molar refractivity (Wildman–Crippen MR) is 47.0 cm³/mol. The first kappa shape index (κ1) is 10.2. The molecule has 1 atom stereocenters. The maximum Gasteiger partial charge on any atom is 0.225 e. The van der Waals surface area contributed by atoms with Gasteiger partial charge in [0.2, 0.25) is 5.78 Å². The summed E-state index contributed by atoms with van der Waals surface area (Å²) >= 11 is 0. The minimum Gasteiger partial charge on any atom is -0.504 e. The Labute approximate surface area is 80.1 Å². The van der Waals surface area contributed by atoms with Crippen LogP contribution in [0, 0.1) is 11.3 Å². The molecule has 0 aromatic heterocycles. The van der Waals surface area contributed by atoms with Crippen LogP contribution in [0.25, 0.3) is 0 Å². The van der Waals surface area contributed by atoms with Crippen molar-refractivity contribution < 1.29 is 14.7 Å². The first-order valence-corrected chi connectivity index (χ1v) is 3.89. The quantitative estimate of drug-likeness (QED) is 0.587. The molecule has 0 heterocycles. The number of nitrogens with two attached hydrogens (primary N) is 1. The highest BCUT2D eigenvalue weighted by Crippen LogP contribution is 2.14. The Morgan fingerprint density at radius 2 is 2.14 bits per heavy atom. The van der Waals surface area contributed by atoms with Crippen LogP contribution < -0.4 is 5.73 Å². The maximum atomic E-state index is 11.3. The molecule has 3 N–H and O–H groups in total. The Kier molecular flexibility index (Phi) is 2.79. The summed E-state index contributed by atoms with van der Waals surface area (Å²) in [5.74, 6) is -1.81. The van der Waals surface area contributed by atoms with Crippen LogP contribution in [0.4, 0.5) is 0 Å². The van der Waals surface area contributed by atoms with Crippen LogP contribution >= 0.6 is 0 Å². The van der Waals surface area contributed by atoms with Crippen LogP contribution in [-0.4, -0.2) is 22.7 Å². The van der Waals surface area contributed by atoms with Crippen LogP contribution in [0.15, 0.2) is 23.5 Å². The van der Waals surface area contributed by atoms with Gasteiger partial charge in [0, 0.05) is 17.7 Å². The van der Waals surface area contributed by atoms with Crippen molar-refractivity contribution in [1.82, 2.24) is 0 Å². The lowest BCUT2D eigenvalue weighted by atomic mass is 9.94. The Bertz CT molecular complexity index is 387. The summed E-state index contributed by atoms with van der Waals surface area (Å²) in [5.41, 5.74) is 5.45. The van der Waals surface area contributed by atoms with Gasteiger partial charge in [0.1, 0.15) is 0 Å². The fourth-order valence-electron chi connectivity index (χ4n) is 1.09. The van der Waals surface area contributed by atoms with Crippen molar-refractivity contribution in [3.05, 3.63) is 23.5 Å². The second kappa shape index (κ2) is 3.85. The zero-order chi connectivity index (χ0) is 10.7. The Morgan fingerprint density at radius 1 is 1.50 bits per heavy atom. The van der Waals surface area contributed by atoms with Crippen molar-refractivity contribution in [2.45, 2.75) is 12.5 Å². The molecule has 0 spiro atoms. The first-order valence-electron chi connectivity index (χ1n) is 3.89. The minimum atomic E-state index is -0.827. The monoisotopic (exact) mass is 192 g/mol. The molecule has 0 unspecified atom stereocenters. The molecular weight excluding hydrogens is 184 g/mol. The number of nitrogens with zero attached hydrogens (tertiary/aromatic N) is 1. The van der Waals surface area contributed by atoms with Gasteiger partial charge in [0.05, 0.1) is 12.5 Å². The molecule has 0 saturated carbocycles. The van der Waals surface area contributed by atoms with Crippen molar-refractivity contribution in [3.8, 4) is 6.07 Å². The van der Waals surface area contributed by atoms with E-state index in [9.17, 15) is 9.59 Å². The van der Waals surface area contributed by atoms with Gasteiger partial charge in [-0.1, -0.05) is 0 Å². The molecule has 72 valence electrons. The summed E-state index contributed by atoms with van der Waals surface area (Å²) in [7, 11) is 0. The van der Waals surface area contributed by atoms with Crippen LogP contribution in [0.2, 0.25) is 0 Å². The highest BCUT2D eigenvalue weighted by Gasteiger charge is 2.25. The number of hydrogen-bond acceptors (Lipinski definition) is 5. The Balaban J connectivity index is 2.95. The topological polar surface area (TPSA) is 104 Å². The molecule has 0 bridgehead atoms. The van der Waals surface area contributed by atoms with E-state index >= 15 is 0 Å². The summed E-state index contributed by atoms with van der Waals surface area (Å²) in [6.45, 7) is 0. The number of carbonyl (C=O) groups is 2. The lowest BCUT2D eigenvalue weighted by Crippen LogP contribution is -2.30. The van der Waals surface area contributed by atoms with Gasteiger partial charge in [-0.2, -0.15) is 5.26 Å². The van der Waals surface area contributed by atoms with Gasteiger partial charge in [-0.3, -0.25) is 9.59 Å². The lowest BCUT2D eigenvalue weighted by molar-refractivity contribution is -0.117. The largest absolute Gasteiger partial charge is 0.504 e. The highest BCUT2D eigenvalue weighted by molar-refractivity contribution is 6.19. The average molecular weight is 192 g/mol. The smallest absolute Gasteiger partial charge is 0.225 e. The van der Waals surface area contributed by atoms with E-state index < -0.39 is 23.4 Å². The van der Waals surface area contributed by atoms with E-state index in [1.807, 2.05) is 0 Å². The average Bonchev–Trinajstić information content (AvgIpc) is 2.11. The van der Waals surface area contributed by atoms with Gasteiger partial charge >= 0.3 is 0 Å². The number of Topliss-reactive ketones (excluding diaryl/α,β-unsaturated/α-hetero) is 1. The molecule has 0 saturated heterocycles. The van der Waals surface area contributed by atoms with Crippen molar-refractivity contribution in [2.75, 3.05) is 0 Å². The third-order valence-electron chi connectivity index (χ3n) is 1.78. The predicted octanol–water partition coefficient (Wildman–Crippen LogP) is -0.253. The molecule has 0 fully saturated rings. The van der Waals surface area contributed by atoms with E-state index in [2.05, 4.69) is 0 Å². The third-order valence-corrected chi connectivity index (χ3v) is 1.78. The van der Waals surface area contributed by atoms with E-state index in [-0.39, 0.29) is 12.0 Å². The summed E-state index contributed by atoms with van der Waals surface area (Å²) in [6, 6.07) is 0.958. The molecule has 0 aromatic carbocycles. The number of rotatable bonds is 2. The van der Waals surface area contributed by atoms with Crippen LogP contribution in [0.1, 0.15) is 6.42 Å². The molecule has 0 aliphatic heterocycles. The second-order valence-electron chi connectivity index (χ2n) is 2.83. The van der Waals surface area contributed by atoms with Gasteiger partial charge in [0.15, 0.2) is 11.5 Å². The fraction of sp³-hybridized carbons (Fsp3) is 0.222. The molecule has 0 amide bonds. The number of aliphatic hydroxyl groups excluding tert-OH is 1.